The fourth-order valence-corrected chi connectivity index (χ4v) is 6.42. The molecule has 1 atom stereocenters. The van der Waals surface area contributed by atoms with Gasteiger partial charge in [-0.25, -0.2) is 4.79 Å². The molecule has 0 bridgehead atoms. The third-order valence-electron chi connectivity index (χ3n) is 3.07. The third-order valence-corrected chi connectivity index (χ3v) is 5.91. The Bertz CT molecular complexity index is 336. The zero-order chi connectivity index (χ0) is 16.0. The number of hydrogen-bond acceptors (Lipinski definition) is 7. The van der Waals surface area contributed by atoms with Crippen molar-refractivity contribution in [2.24, 2.45) is 5.92 Å². The van der Waals surface area contributed by atoms with Crippen LogP contribution in [0.4, 0.5) is 0 Å². The first kappa shape index (κ1) is 20.1. The van der Waals surface area contributed by atoms with E-state index in [1.165, 1.54) is 0 Å². The van der Waals surface area contributed by atoms with Gasteiger partial charge in [-0.05, 0) is 13.8 Å². The largest absolute Gasteiger partial charge is 0.406 e. The van der Waals surface area contributed by atoms with Crippen molar-refractivity contribution in [2.45, 2.75) is 25.8 Å². The predicted octanol–water partition coefficient (Wildman–Crippen LogP) is -5.47. The summed E-state index contributed by atoms with van der Waals surface area (Å²) in [5.41, 5.74) is 0.259. The van der Waals surface area contributed by atoms with Gasteiger partial charge >= 0.3 is 11.9 Å². The van der Waals surface area contributed by atoms with Crippen molar-refractivity contribution >= 4 is 58.4 Å². The van der Waals surface area contributed by atoms with Gasteiger partial charge in [-0.2, -0.15) is 0 Å². The first-order valence-electron chi connectivity index (χ1n) is 5.93. The molecule has 1 unspecified atom stereocenters. The van der Waals surface area contributed by atoms with Gasteiger partial charge in [0.15, 0.2) is 52.4 Å². The van der Waals surface area contributed by atoms with Crippen LogP contribution < -0.4 is 0 Å². The third kappa shape index (κ3) is 4.06. The lowest BCUT2D eigenvalue weighted by Gasteiger charge is -2.44. The van der Waals surface area contributed by atoms with Crippen molar-refractivity contribution in [3.63, 3.8) is 0 Å². The van der Waals surface area contributed by atoms with Crippen molar-refractivity contribution in [2.75, 3.05) is 0 Å². The number of esters is 1. The number of carbonyl (C=O) groups excluding carboxylic acids is 1. The van der Waals surface area contributed by atoms with Gasteiger partial charge in [0.05, 0.1) is 0 Å². The van der Waals surface area contributed by atoms with Gasteiger partial charge in [0, 0.05) is 5.57 Å². The van der Waals surface area contributed by atoms with Gasteiger partial charge in [-0.1, -0.05) is 6.58 Å². The second kappa shape index (κ2) is 8.52. The van der Waals surface area contributed by atoms with E-state index in [1.807, 2.05) is 0 Å². The molecular weight excluding hydrogens is 349 g/mol. The normalized spacial score (nSPS) is 19.5. The van der Waals surface area contributed by atoms with Crippen LogP contribution in [0.1, 0.15) is 13.8 Å². The second-order valence-corrected chi connectivity index (χ2v) is 6.16. The average Bonchev–Trinajstić information content (AvgIpc) is 2.46. The number of hydrogen-bond donors (Lipinski definition) is 0. The molecule has 0 spiro atoms. The van der Waals surface area contributed by atoms with Crippen LogP contribution in [0.5, 0.6) is 0 Å². The van der Waals surface area contributed by atoms with Gasteiger partial charge in [0.1, 0.15) is 5.92 Å². The fourth-order valence-electron chi connectivity index (χ4n) is 1.82. The van der Waals surface area contributed by atoms with Crippen LogP contribution in [0.25, 0.3) is 0 Å². The van der Waals surface area contributed by atoms with E-state index in [0.29, 0.717) is 52.4 Å². The lowest BCUT2D eigenvalue weighted by atomic mass is 10.1. The Hall–Kier alpha value is 0.0944. The summed E-state index contributed by atoms with van der Waals surface area (Å²) in [6.07, 6.45) is 0. The van der Waals surface area contributed by atoms with Crippen LogP contribution in [0.15, 0.2) is 12.2 Å². The Morgan fingerprint density at radius 1 is 0.950 bits per heavy atom. The van der Waals surface area contributed by atoms with Gasteiger partial charge in [0.25, 0.3) is 5.97 Å². The molecular formula is C8H24O7Si5. The smallest absolute Gasteiger partial charge is 0.337 e. The van der Waals surface area contributed by atoms with Crippen LogP contribution in [0, 0.1) is 5.92 Å². The Morgan fingerprint density at radius 2 is 1.30 bits per heavy atom. The SMILES string of the molecule is C=C(C)C(=O)OC(O[SiH3])(O[SiH3])C(C)C(O[SiH3])(O[SiH3])O[SiH3]. The van der Waals surface area contributed by atoms with Gasteiger partial charge < -0.3 is 26.9 Å². The summed E-state index contributed by atoms with van der Waals surface area (Å²) in [5.74, 6) is -4.03. The van der Waals surface area contributed by atoms with E-state index in [9.17, 15) is 4.79 Å². The van der Waals surface area contributed by atoms with E-state index >= 15 is 0 Å². The molecule has 0 aromatic carbocycles. The van der Waals surface area contributed by atoms with E-state index in [-0.39, 0.29) is 5.57 Å². The first-order valence-corrected chi connectivity index (χ1v) is 10.0. The zero-order valence-corrected chi connectivity index (χ0v) is 23.1. The Morgan fingerprint density at radius 3 is 1.55 bits per heavy atom. The molecule has 12 heteroatoms. The van der Waals surface area contributed by atoms with E-state index < -0.39 is 23.8 Å². The summed E-state index contributed by atoms with van der Waals surface area (Å²) in [6.45, 7) is 6.86. The topological polar surface area (TPSA) is 72.5 Å². The van der Waals surface area contributed by atoms with Crippen molar-refractivity contribution < 1.29 is 31.7 Å². The van der Waals surface area contributed by atoms with Crippen LogP contribution in [-0.4, -0.2) is 70.3 Å². The summed E-state index contributed by atoms with van der Waals surface area (Å²) < 4.78 is 32.7. The molecule has 0 aliphatic rings. The quantitative estimate of drug-likeness (QED) is 0.173. The molecule has 0 aromatic rings. The van der Waals surface area contributed by atoms with E-state index in [1.54, 1.807) is 13.8 Å². The van der Waals surface area contributed by atoms with Gasteiger partial charge in [-0.15, -0.1) is 0 Å². The highest BCUT2D eigenvalue weighted by Gasteiger charge is 2.53. The molecule has 0 fully saturated rings. The molecule has 118 valence electrons. The molecule has 0 heterocycles. The summed E-state index contributed by atoms with van der Waals surface area (Å²) in [7, 11) is 1.79. The number of rotatable bonds is 9. The minimum Gasteiger partial charge on any atom is -0.406 e. The van der Waals surface area contributed by atoms with Crippen LogP contribution >= 0.6 is 0 Å². The molecule has 0 aliphatic heterocycles. The monoisotopic (exact) mass is 372 g/mol. The van der Waals surface area contributed by atoms with E-state index in [2.05, 4.69) is 6.58 Å². The number of carbonyl (C=O) groups is 1. The molecule has 0 rings (SSSR count). The fraction of sp³-hybridized carbons (Fsp3) is 0.625. The highest BCUT2D eigenvalue weighted by molar-refractivity contribution is 6.02. The minimum absolute atomic E-state index is 0.259. The highest BCUT2D eigenvalue weighted by Crippen LogP contribution is 2.35. The molecule has 7 nitrogen and oxygen atoms in total. The van der Waals surface area contributed by atoms with Gasteiger partial charge in [-0.3, -0.25) is 0 Å². The second-order valence-electron chi connectivity index (χ2n) is 4.12. The van der Waals surface area contributed by atoms with Crippen molar-refractivity contribution in [1.82, 2.24) is 0 Å². The molecule has 0 radical (unpaired) electrons. The molecule has 0 aliphatic carbocycles. The molecule has 0 aromatic heterocycles. The Kier molecular flexibility index (Phi) is 8.56. The maximum absolute atomic E-state index is 11.8. The van der Waals surface area contributed by atoms with E-state index in [4.69, 9.17) is 26.9 Å². The molecule has 0 saturated carbocycles. The number of ether oxygens (including phenoxy) is 1. The lowest BCUT2D eigenvalue weighted by Crippen LogP contribution is -2.58. The average molecular weight is 373 g/mol. The van der Waals surface area contributed by atoms with Crippen LogP contribution in [0.2, 0.25) is 0 Å². The lowest BCUT2D eigenvalue weighted by molar-refractivity contribution is -0.389. The predicted molar refractivity (Wildman–Crippen MR) is 90.7 cm³/mol. The maximum atomic E-state index is 11.8. The highest BCUT2D eigenvalue weighted by atomic mass is 28.2. The Labute approximate surface area is 134 Å². The van der Waals surface area contributed by atoms with Crippen molar-refractivity contribution in [3.05, 3.63) is 12.2 Å². The minimum atomic E-state index is -1.56. The van der Waals surface area contributed by atoms with E-state index in [0.717, 1.165) is 0 Å². The van der Waals surface area contributed by atoms with Crippen molar-refractivity contribution in [1.29, 1.82) is 0 Å². The zero-order valence-electron chi connectivity index (χ0n) is 13.1. The van der Waals surface area contributed by atoms with Crippen LogP contribution in [-0.2, 0) is 31.7 Å². The van der Waals surface area contributed by atoms with Crippen LogP contribution in [0.3, 0.4) is 0 Å². The summed E-state index contributed by atoms with van der Waals surface area (Å²) in [5, 5.41) is 0. The molecule has 0 saturated heterocycles. The first-order chi connectivity index (χ1) is 9.29. The molecule has 0 amide bonds. The standard InChI is InChI=1S/C8H24O7Si5/c1-4(2)6(9)10-7(11-16,12-17)5(3)8(13-18,14-19)15-20/h5H,1H2,2-3,16-20H3. The summed E-state index contributed by atoms with van der Waals surface area (Å²) in [6, 6.07) is 0. The maximum Gasteiger partial charge on any atom is 0.337 e. The molecule has 20 heavy (non-hydrogen) atoms. The Balaban J connectivity index is 5.54. The summed E-state index contributed by atoms with van der Waals surface area (Å²) >= 11 is 0. The van der Waals surface area contributed by atoms with Gasteiger partial charge in [0.2, 0.25) is 0 Å². The molecule has 0 N–H and O–H groups in total. The van der Waals surface area contributed by atoms with Crippen molar-refractivity contribution in [3.8, 4) is 0 Å². The summed E-state index contributed by atoms with van der Waals surface area (Å²) in [4.78, 5) is 11.8.